The van der Waals surface area contributed by atoms with Gasteiger partial charge in [-0.1, -0.05) is 0 Å². The molecular weight excluding hydrogens is 138 g/mol. The molecule has 1 heterocycles. The van der Waals surface area contributed by atoms with Crippen molar-refractivity contribution in [3.05, 3.63) is 0 Å². The van der Waals surface area contributed by atoms with Crippen LogP contribution in [0, 0.1) is 0 Å². The molecule has 0 spiro atoms. The summed E-state index contributed by atoms with van der Waals surface area (Å²) in [5.41, 5.74) is 0.0321. The van der Waals surface area contributed by atoms with Crippen molar-refractivity contribution in [2.45, 2.75) is 32.3 Å². The fourth-order valence-corrected chi connectivity index (χ4v) is 1.54. The van der Waals surface area contributed by atoms with E-state index in [0.717, 1.165) is 6.54 Å². The molecule has 0 aromatic carbocycles. The molecular formula is C9H19NO. The fraction of sp³-hybridized carbons (Fsp3) is 1.00. The Labute approximate surface area is 69.5 Å². The third-order valence-corrected chi connectivity index (χ3v) is 2.36. The van der Waals surface area contributed by atoms with Crippen LogP contribution in [-0.4, -0.2) is 37.2 Å². The summed E-state index contributed by atoms with van der Waals surface area (Å²) >= 11 is 0. The molecule has 11 heavy (non-hydrogen) atoms. The second-order valence-corrected chi connectivity index (χ2v) is 3.95. The first kappa shape index (κ1) is 9.01. The topological polar surface area (TPSA) is 12.5 Å². The van der Waals surface area contributed by atoms with E-state index in [1.807, 2.05) is 0 Å². The van der Waals surface area contributed by atoms with Gasteiger partial charge in [0.1, 0.15) is 0 Å². The van der Waals surface area contributed by atoms with Gasteiger partial charge in [0.25, 0.3) is 0 Å². The van der Waals surface area contributed by atoms with E-state index in [9.17, 15) is 0 Å². The Balaban J connectivity index is 2.28. The number of hydrogen-bond acceptors (Lipinski definition) is 2. The molecule has 0 aromatic heterocycles. The van der Waals surface area contributed by atoms with Crippen molar-refractivity contribution in [1.29, 1.82) is 0 Å². The van der Waals surface area contributed by atoms with Crippen LogP contribution >= 0.6 is 0 Å². The Morgan fingerprint density at radius 2 is 1.82 bits per heavy atom. The molecule has 0 amide bonds. The van der Waals surface area contributed by atoms with Crippen molar-refractivity contribution in [1.82, 2.24) is 4.90 Å². The number of methoxy groups -OCH3 is 1. The van der Waals surface area contributed by atoms with Gasteiger partial charge in [-0.3, -0.25) is 0 Å². The minimum Gasteiger partial charge on any atom is -0.377 e. The van der Waals surface area contributed by atoms with Crippen LogP contribution in [0.2, 0.25) is 0 Å². The van der Waals surface area contributed by atoms with Crippen molar-refractivity contribution in [3.8, 4) is 0 Å². The zero-order valence-corrected chi connectivity index (χ0v) is 7.89. The van der Waals surface area contributed by atoms with E-state index in [2.05, 4.69) is 18.7 Å². The summed E-state index contributed by atoms with van der Waals surface area (Å²) in [6, 6.07) is 0. The Kier molecular flexibility index (Phi) is 2.90. The zero-order chi connectivity index (χ0) is 8.32. The Morgan fingerprint density at radius 3 is 2.27 bits per heavy atom. The third-order valence-electron chi connectivity index (χ3n) is 2.36. The normalized spacial score (nSPS) is 21.0. The number of nitrogens with zero attached hydrogens (tertiary/aromatic N) is 1. The molecule has 1 saturated heterocycles. The van der Waals surface area contributed by atoms with Gasteiger partial charge in [0.2, 0.25) is 0 Å². The number of rotatable bonds is 3. The lowest BCUT2D eigenvalue weighted by Crippen LogP contribution is -2.38. The highest BCUT2D eigenvalue weighted by molar-refractivity contribution is 4.76. The number of likely N-dealkylation sites (tertiary alicyclic amines) is 1. The summed E-state index contributed by atoms with van der Waals surface area (Å²) in [6.07, 6.45) is 2.72. The van der Waals surface area contributed by atoms with E-state index in [4.69, 9.17) is 4.74 Å². The molecule has 2 nitrogen and oxygen atoms in total. The van der Waals surface area contributed by atoms with Crippen LogP contribution < -0.4 is 0 Å². The van der Waals surface area contributed by atoms with Crippen LogP contribution in [0.15, 0.2) is 0 Å². The molecule has 1 aliphatic rings. The molecule has 0 radical (unpaired) electrons. The first-order valence-electron chi connectivity index (χ1n) is 4.41. The molecule has 1 aliphatic heterocycles. The molecule has 66 valence electrons. The van der Waals surface area contributed by atoms with Crippen molar-refractivity contribution in [2.24, 2.45) is 0 Å². The van der Waals surface area contributed by atoms with E-state index < -0.39 is 0 Å². The molecule has 0 unspecified atom stereocenters. The SMILES string of the molecule is COC(C)(C)CN1CCCC1. The molecule has 0 N–H and O–H groups in total. The van der Waals surface area contributed by atoms with Crippen molar-refractivity contribution >= 4 is 0 Å². The van der Waals surface area contributed by atoms with Crippen LogP contribution in [0.5, 0.6) is 0 Å². The van der Waals surface area contributed by atoms with E-state index >= 15 is 0 Å². The van der Waals surface area contributed by atoms with Gasteiger partial charge < -0.3 is 9.64 Å². The number of hydrogen-bond donors (Lipinski definition) is 0. The second-order valence-electron chi connectivity index (χ2n) is 3.95. The monoisotopic (exact) mass is 157 g/mol. The van der Waals surface area contributed by atoms with Gasteiger partial charge in [0.05, 0.1) is 5.60 Å². The Bertz CT molecular complexity index is 117. The molecule has 0 atom stereocenters. The maximum Gasteiger partial charge on any atom is 0.0749 e. The van der Waals surface area contributed by atoms with Crippen LogP contribution in [0.1, 0.15) is 26.7 Å². The smallest absolute Gasteiger partial charge is 0.0749 e. The predicted molar refractivity (Wildman–Crippen MR) is 46.8 cm³/mol. The Hall–Kier alpha value is -0.0800. The minimum absolute atomic E-state index is 0.0321. The lowest BCUT2D eigenvalue weighted by molar-refractivity contribution is -0.00246. The quantitative estimate of drug-likeness (QED) is 0.615. The van der Waals surface area contributed by atoms with E-state index in [-0.39, 0.29) is 5.60 Å². The van der Waals surface area contributed by atoms with E-state index in [0.29, 0.717) is 0 Å². The average molecular weight is 157 g/mol. The zero-order valence-electron chi connectivity index (χ0n) is 7.89. The van der Waals surface area contributed by atoms with Crippen LogP contribution in [0.3, 0.4) is 0 Å². The highest BCUT2D eigenvalue weighted by Gasteiger charge is 2.22. The second kappa shape index (κ2) is 3.55. The molecule has 0 aromatic rings. The van der Waals surface area contributed by atoms with Crippen LogP contribution in [0.4, 0.5) is 0 Å². The highest BCUT2D eigenvalue weighted by Crippen LogP contribution is 2.14. The predicted octanol–water partition coefficient (Wildman–Crippen LogP) is 1.51. The van der Waals surface area contributed by atoms with Crippen LogP contribution in [0.25, 0.3) is 0 Å². The summed E-state index contributed by atoms with van der Waals surface area (Å²) in [5, 5.41) is 0. The van der Waals surface area contributed by atoms with Gasteiger partial charge in [-0.2, -0.15) is 0 Å². The van der Waals surface area contributed by atoms with Gasteiger partial charge in [-0.25, -0.2) is 0 Å². The van der Waals surface area contributed by atoms with Gasteiger partial charge in [0.15, 0.2) is 0 Å². The fourth-order valence-electron chi connectivity index (χ4n) is 1.54. The largest absolute Gasteiger partial charge is 0.377 e. The molecule has 2 heteroatoms. The van der Waals surface area contributed by atoms with E-state index in [1.165, 1.54) is 25.9 Å². The maximum atomic E-state index is 5.36. The Morgan fingerprint density at radius 1 is 1.27 bits per heavy atom. The van der Waals surface area contributed by atoms with Gasteiger partial charge in [-0.15, -0.1) is 0 Å². The third kappa shape index (κ3) is 2.80. The average Bonchev–Trinajstić information content (AvgIpc) is 2.39. The van der Waals surface area contributed by atoms with E-state index in [1.54, 1.807) is 7.11 Å². The van der Waals surface area contributed by atoms with Gasteiger partial charge >= 0.3 is 0 Å². The first-order valence-corrected chi connectivity index (χ1v) is 4.41. The standard InChI is InChI=1S/C9H19NO/c1-9(2,11-3)8-10-6-4-5-7-10/h4-8H2,1-3H3. The lowest BCUT2D eigenvalue weighted by atomic mass is 10.1. The molecule has 1 rings (SSSR count). The maximum absolute atomic E-state index is 5.36. The summed E-state index contributed by atoms with van der Waals surface area (Å²) in [4.78, 5) is 2.48. The molecule has 0 bridgehead atoms. The number of ether oxygens (including phenoxy) is 1. The summed E-state index contributed by atoms with van der Waals surface area (Å²) in [5.74, 6) is 0. The lowest BCUT2D eigenvalue weighted by Gasteiger charge is -2.28. The highest BCUT2D eigenvalue weighted by atomic mass is 16.5. The minimum atomic E-state index is 0.0321. The van der Waals surface area contributed by atoms with Crippen molar-refractivity contribution in [2.75, 3.05) is 26.7 Å². The molecule has 0 aliphatic carbocycles. The summed E-state index contributed by atoms with van der Waals surface area (Å²) in [7, 11) is 1.79. The van der Waals surface area contributed by atoms with Crippen molar-refractivity contribution < 1.29 is 4.74 Å². The van der Waals surface area contributed by atoms with Gasteiger partial charge in [-0.05, 0) is 39.8 Å². The van der Waals surface area contributed by atoms with Crippen molar-refractivity contribution in [3.63, 3.8) is 0 Å². The van der Waals surface area contributed by atoms with Crippen LogP contribution in [-0.2, 0) is 4.74 Å². The molecule has 0 saturated carbocycles. The summed E-state index contributed by atoms with van der Waals surface area (Å²) in [6.45, 7) is 7.87. The first-order chi connectivity index (χ1) is 5.14. The molecule has 1 fully saturated rings. The summed E-state index contributed by atoms with van der Waals surface area (Å²) < 4.78 is 5.36. The van der Waals surface area contributed by atoms with Gasteiger partial charge in [0, 0.05) is 13.7 Å².